The molecule has 0 radical (unpaired) electrons. The number of benzene rings is 2. The molecule has 0 unspecified atom stereocenters. The summed E-state index contributed by atoms with van der Waals surface area (Å²) in [7, 11) is -7.14. The molecule has 3 aromatic rings. The van der Waals surface area contributed by atoms with Crippen molar-refractivity contribution in [3.8, 4) is 0 Å². The summed E-state index contributed by atoms with van der Waals surface area (Å²) >= 11 is 0. The molecule has 206 valence electrons. The molecular formula is C27H35N3O6S2. The van der Waals surface area contributed by atoms with Crippen molar-refractivity contribution in [2.45, 2.75) is 55.4 Å². The molecule has 0 aliphatic carbocycles. The smallest absolute Gasteiger partial charge is 0.407 e. The van der Waals surface area contributed by atoms with Crippen LogP contribution in [0.1, 0.15) is 39.2 Å². The molecule has 11 heteroatoms. The number of nitrogens with one attached hydrogen (secondary N) is 1. The molecular weight excluding hydrogens is 526 g/mol. The molecule has 1 aromatic heterocycles. The van der Waals surface area contributed by atoms with E-state index < -0.39 is 31.6 Å². The first-order valence-corrected chi connectivity index (χ1v) is 15.7. The van der Waals surface area contributed by atoms with Gasteiger partial charge in [-0.25, -0.2) is 21.6 Å². The topological polar surface area (TPSA) is 123 Å². The zero-order valence-electron chi connectivity index (χ0n) is 22.2. The highest BCUT2D eigenvalue weighted by Crippen LogP contribution is 2.26. The molecule has 0 atom stereocenters. The van der Waals surface area contributed by atoms with Crippen LogP contribution in [-0.2, 0) is 31.0 Å². The SMILES string of the molecule is CC(C)(C)OC(=O)NCCCN(CCCc1ccc(S(C)(=O)=O)cc1)S(=O)(=O)c1cccc2cnccc12. The van der Waals surface area contributed by atoms with Gasteiger partial charge in [-0.05, 0) is 69.9 Å². The number of hydrogen-bond acceptors (Lipinski definition) is 7. The maximum atomic E-state index is 13.8. The average molecular weight is 562 g/mol. The van der Waals surface area contributed by atoms with Crippen molar-refractivity contribution in [2.24, 2.45) is 0 Å². The summed E-state index contributed by atoms with van der Waals surface area (Å²) in [5, 5.41) is 4.00. The van der Waals surface area contributed by atoms with E-state index in [0.717, 1.165) is 17.2 Å². The van der Waals surface area contributed by atoms with Crippen LogP contribution in [0.5, 0.6) is 0 Å². The summed E-state index contributed by atoms with van der Waals surface area (Å²) in [6.07, 6.45) is 5.31. The Morgan fingerprint density at radius 3 is 2.32 bits per heavy atom. The van der Waals surface area contributed by atoms with Crippen LogP contribution in [0.15, 0.2) is 70.7 Å². The molecule has 1 N–H and O–H groups in total. The van der Waals surface area contributed by atoms with Gasteiger partial charge in [-0.1, -0.05) is 24.3 Å². The number of fused-ring (bicyclic) bond motifs is 1. The number of aryl methyl sites for hydroxylation is 1. The molecule has 38 heavy (non-hydrogen) atoms. The van der Waals surface area contributed by atoms with Crippen LogP contribution in [0.4, 0.5) is 4.79 Å². The summed E-state index contributed by atoms with van der Waals surface area (Å²) < 4.78 is 57.7. The number of nitrogens with zero attached hydrogens (tertiary/aromatic N) is 2. The minimum absolute atomic E-state index is 0.201. The van der Waals surface area contributed by atoms with Gasteiger partial charge < -0.3 is 10.1 Å². The summed E-state index contributed by atoms with van der Waals surface area (Å²) in [6, 6.07) is 13.4. The Morgan fingerprint density at radius 2 is 1.66 bits per heavy atom. The molecule has 0 aliphatic rings. The van der Waals surface area contributed by atoms with Gasteiger partial charge in [0.05, 0.1) is 9.79 Å². The van der Waals surface area contributed by atoms with E-state index in [9.17, 15) is 21.6 Å². The lowest BCUT2D eigenvalue weighted by Crippen LogP contribution is -2.37. The molecule has 0 saturated heterocycles. The van der Waals surface area contributed by atoms with Crippen molar-refractivity contribution >= 4 is 36.7 Å². The first kappa shape index (κ1) is 29.5. The highest BCUT2D eigenvalue weighted by atomic mass is 32.2. The fourth-order valence-corrected chi connectivity index (χ4v) is 6.29. The summed E-state index contributed by atoms with van der Waals surface area (Å²) in [4.78, 5) is 16.5. The summed E-state index contributed by atoms with van der Waals surface area (Å²) in [6.45, 7) is 6.03. The number of aromatic nitrogens is 1. The molecule has 0 aliphatic heterocycles. The van der Waals surface area contributed by atoms with Crippen LogP contribution >= 0.6 is 0 Å². The lowest BCUT2D eigenvalue weighted by atomic mass is 10.1. The van der Waals surface area contributed by atoms with Gasteiger partial charge in [0, 0.05) is 49.1 Å². The zero-order chi connectivity index (χ0) is 28.0. The van der Waals surface area contributed by atoms with E-state index >= 15 is 0 Å². The Morgan fingerprint density at radius 1 is 0.974 bits per heavy atom. The normalized spacial score (nSPS) is 12.6. The lowest BCUT2D eigenvalue weighted by Gasteiger charge is -2.24. The van der Waals surface area contributed by atoms with Crippen molar-refractivity contribution < 1.29 is 26.4 Å². The Hall–Kier alpha value is -3.02. The van der Waals surface area contributed by atoms with Crippen LogP contribution in [0, 0.1) is 0 Å². The Balaban J connectivity index is 1.74. The van der Waals surface area contributed by atoms with Gasteiger partial charge in [0.15, 0.2) is 9.84 Å². The number of pyridine rings is 1. The second kappa shape index (κ2) is 12.2. The highest BCUT2D eigenvalue weighted by molar-refractivity contribution is 7.90. The van der Waals surface area contributed by atoms with E-state index in [2.05, 4.69) is 10.3 Å². The van der Waals surface area contributed by atoms with E-state index in [-0.39, 0.29) is 29.4 Å². The predicted octanol–water partition coefficient (Wildman–Crippen LogP) is 4.18. The van der Waals surface area contributed by atoms with Crippen molar-refractivity contribution in [3.63, 3.8) is 0 Å². The fraction of sp³-hybridized carbons (Fsp3) is 0.407. The van der Waals surface area contributed by atoms with Crippen LogP contribution in [0.2, 0.25) is 0 Å². The largest absolute Gasteiger partial charge is 0.444 e. The van der Waals surface area contributed by atoms with Crippen LogP contribution < -0.4 is 5.32 Å². The van der Waals surface area contributed by atoms with Crippen LogP contribution in [0.3, 0.4) is 0 Å². The third-order valence-corrected chi connectivity index (χ3v) is 8.82. The molecule has 0 fully saturated rings. The number of ether oxygens (including phenoxy) is 1. The van der Waals surface area contributed by atoms with Crippen LogP contribution in [-0.4, -0.2) is 63.7 Å². The Kier molecular flexibility index (Phi) is 9.50. The molecule has 0 spiro atoms. The third kappa shape index (κ3) is 8.24. The minimum Gasteiger partial charge on any atom is -0.444 e. The molecule has 3 rings (SSSR count). The number of sulfone groups is 1. The monoisotopic (exact) mass is 561 g/mol. The van der Waals surface area contributed by atoms with Gasteiger partial charge in [0.2, 0.25) is 10.0 Å². The summed E-state index contributed by atoms with van der Waals surface area (Å²) in [5.41, 5.74) is 0.292. The first-order chi connectivity index (χ1) is 17.8. The van der Waals surface area contributed by atoms with Crippen molar-refractivity contribution in [1.29, 1.82) is 0 Å². The highest BCUT2D eigenvalue weighted by Gasteiger charge is 2.26. The second-order valence-corrected chi connectivity index (χ2v) is 14.0. The van der Waals surface area contributed by atoms with Gasteiger partial charge in [0.25, 0.3) is 0 Å². The second-order valence-electron chi connectivity index (χ2n) is 10.1. The number of rotatable bonds is 11. The zero-order valence-corrected chi connectivity index (χ0v) is 23.8. The molecule has 1 amide bonds. The number of amides is 1. The van der Waals surface area contributed by atoms with Crippen molar-refractivity contribution in [2.75, 3.05) is 25.9 Å². The van der Waals surface area contributed by atoms with Gasteiger partial charge >= 0.3 is 6.09 Å². The molecule has 0 saturated carbocycles. The number of hydrogen-bond donors (Lipinski definition) is 1. The Labute approximate surface area is 225 Å². The van der Waals surface area contributed by atoms with Gasteiger partial charge in [-0.15, -0.1) is 0 Å². The van der Waals surface area contributed by atoms with E-state index in [0.29, 0.717) is 24.6 Å². The fourth-order valence-electron chi connectivity index (χ4n) is 3.93. The first-order valence-electron chi connectivity index (χ1n) is 12.4. The van der Waals surface area contributed by atoms with Gasteiger partial charge in [-0.3, -0.25) is 4.98 Å². The maximum Gasteiger partial charge on any atom is 0.407 e. The van der Waals surface area contributed by atoms with E-state index in [1.807, 2.05) is 6.07 Å². The minimum atomic E-state index is -3.86. The van der Waals surface area contributed by atoms with Gasteiger partial charge in [0.1, 0.15) is 5.60 Å². The Bertz CT molecular complexity index is 1460. The molecule has 9 nitrogen and oxygen atoms in total. The molecule has 2 aromatic carbocycles. The van der Waals surface area contributed by atoms with Crippen molar-refractivity contribution in [1.82, 2.24) is 14.6 Å². The van der Waals surface area contributed by atoms with Crippen molar-refractivity contribution in [3.05, 3.63) is 66.5 Å². The number of carbonyl (C=O) groups excluding carboxylic acids is 1. The molecule has 0 bridgehead atoms. The predicted molar refractivity (Wildman–Crippen MR) is 147 cm³/mol. The molecule has 1 heterocycles. The van der Waals surface area contributed by atoms with Crippen LogP contribution in [0.25, 0.3) is 10.8 Å². The number of sulfonamides is 1. The quantitative estimate of drug-likeness (QED) is 0.349. The van der Waals surface area contributed by atoms with Gasteiger partial charge in [-0.2, -0.15) is 4.31 Å². The maximum absolute atomic E-state index is 13.8. The van der Waals surface area contributed by atoms with E-state index in [4.69, 9.17) is 4.74 Å². The summed E-state index contributed by atoms with van der Waals surface area (Å²) in [5.74, 6) is 0. The number of carbonyl (C=O) groups is 1. The standard InChI is InChI=1S/C27H35N3O6S2/c1-27(2,3)36-26(31)29-16-7-19-30(18-6-8-21-11-13-23(14-12-21)37(4,32)33)38(34,35)25-10-5-9-22-20-28-17-15-24(22)25/h5,9-15,17,20H,6-8,16,18-19H2,1-4H3,(H,29,31). The number of alkyl carbamates (subject to hydrolysis) is 1. The third-order valence-electron chi connectivity index (χ3n) is 5.74. The lowest BCUT2D eigenvalue weighted by molar-refractivity contribution is 0.0526. The van der Waals surface area contributed by atoms with E-state index in [1.165, 1.54) is 4.31 Å². The average Bonchev–Trinajstić information content (AvgIpc) is 2.83. The van der Waals surface area contributed by atoms with E-state index in [1.54, 1.807) is 75.6 Å².